The summed E-state index contributed by atoms with van der Waals surface area (Å²) in [6, 6.07) is 6.17. The van der Waals surface area contributed by atoms with Crippen molar-refractivity contribution >= 4 is 6.09 Å². The monoisotopic (exact) mass is 344 g/mol. The summed E-state index contributed by atoms with van der Waals surface area (Å²) in [6.07, 6.45) is 2.35. The van der Waals surface area contributed by atoms with Crippen LogP contribution in [0.3, 0.4) is 0 Å². The van der Waals surface area contributed by atoms with Crippen LogP contribution in [0.5, 0.6) is 5.75 Å². The van der Waals surface area contributed by atoms with Crippen molar-refractivity contribution in [2.24, 2.45) is 0 Å². The number of nitrogens with one attached hydrogen (secondary N) is 1. The number of methoxy groups -OCH3 is 1. The number of amides is 1. The molecule has 2 saturated heterocycles. The smallest absolute Gasteiger partial charge is 0.407 e. The van der Waals surface area contributed by atoms with Crippen molar-refractivity contribution in [1.82, 2.24) is 10.2 Å². The number of carbonyl (C=O) groups is 1. The van der Waals surface area contributed by atoms with Crippen molar-refractivity contribution < 1.29 is 19.4 Å². The minimum atomic E-state index is -0.874. The van der Waals surface area contributed by atoms with Gasteiger partial charge in [0.25, 0.3) is 0 Å². The van der Waals surface area contributed by atoms with Gasteiger partial charge in [-0.2, -0.15) is 0 Å². The molecule has 25 heavy (non-hydrogen) atoms. The molecule has 0 radical (unpaired) electrons. The summed E-state index contributed by atoms with van der Waals surface area (Å²) < 4.78 is 11.0. The lowest BCUT2D eigenvalue weighted by Crippen LogP contribution is -2.75. The van der Waals surface area contributed by atoms with Gasteiger partial charge in [0.2, 0.25) is 0 Å². The van der Waals surface area contributed by atoms with Crippen LogP contribution < -0.4 is 10.1 Å². The van der Waals surface area contributed by atoms with Gasteiger partial charge in [-0.25, -0.2) is 4.79 Å². The maximum atomic E-state index is 12.0. The molecule has 2 aliphatic heterocycles. The topological polar surface area (TPSA) is 71.0 Å². The fourth-order valence-corrected chi connectivity index (χ4v) is 5.89. The summed E-state index contributed by atoms with van der Waals surface area (Å²) in [5.41, 5.74) is 1.19. The Kier molecular flexibility index (Phi) is 3.02. The minimum absolute atomic E-state index is 0.0561. The Labute approximate surface area is 147 Å². The van der Waals surface area contributed by atoms with Crippen LogP contribution in [-0.2, 0) is 16.6 Å². The highest BCUT2D eigenvalue weighted by Crippen LogP contribution is 2.59. The van der Waals surface area contributed by atoms with Crippen LogP contribution in [-0.4, -0.2) is 60.6 Å². The zero-order valence-corrected chi connectivity index (χ0v) is 14.6. The molecule has 3 fully saturated rings. The Bertz CT molecular complexity index is 753. The van der Waals surface area contributed by atoms with Gasteiger partial charge < -0.3 is 24.8 Å². The van der Waals surface area contributed by atoms with E-state index < -0.39 is 5.60 Å². The van der Waals surface area contributed by atoms with E-state index in [0.717, 1.165) is 25.1 Å². The van der Waals surface area contributed by atoms with E-state index in [9.17, 15) is 9.90 Å². The number of piperidine rings is 1. The quantitative estimate of drug-likeness (QED) is 0.801. The molecule has 5 atom stereocenters. The number of hydrogen-bond donors (Lipinski definition) is 2. The van der Waals surface area contributed by atoms with Gasteiger partial charge in [-0.05, 0) is 56.1 Å². The van der Waals surface area contributed by atoms with Crippen molar-refractivity contribution in [1.29, 1.82) is 0 Å². The van der Waals surface area contributed by atoms with E-state index in [4.69, 9.17) is 9.47 Å². The third-order valence-corrected chi connectivity index (χ3v) is 7.14. The van der Waals surface area contributed by atoms with Crippen molar-refractivity contribution in [2.45, 2.75) is 54.9 Å². The van der Waals surface area contributed by atoms with Gasteiger partial charge in [0.1, 0.15) is 11.9 Å². The molecular formula is C19H24N2O4. The largest absolute Gasteiger partial charge is 0.497 e. The average molecular weight is 344 g/mol. The van der Waals surface area contributed by atoms with Crippen LogP contribution in [0.1, 0.15) is 30.4 Å². The molecule has 2 bridgehead atoms. The lowest BCUT2D eigenvalue weighted by atomic mass is 9.48. The predicted octanol–water partition coefficient (Wildman–Crippen LogP) is 1.20. The number of benzene rings is 1. The first kappa shape index (κ1) is 15.5. The molecule has 6 nitrogen and oxygen atoms in total. The van der Waals surface area contributed by atoms with Crippen molar-refractivity contribution in [2.75, 3.05) is 20.7 Å². The number of aliphatic hydroxyl groups is 1. The van der Waals surface area contributed by atoms with Crippen LogP contribution in [0, 0.1) is 0 Å². The summed E-state index contributed by atoms with van der Waals surface area (Å²) in [7, 11) is 3.77. The maximum absolute atomic E-state index is 12.0. The van der Waals surface area contributed by atoms with E-state index in [1.807, 2.05) is 6.07 Å². The van der Waals surface area contributed by atoms with Crippen LogP contribution in [0.15, 0.2) is 18.2 Å². The van der Waals surface area contributed by atoms with Crippen molar-refractivity contribution in [3.05, 3.63) is 29.3 Å². The second-order valence-electron chi connectivity index (χ2n) is 8.08. The number of likely N-dealkylation sites (N-methyl/N-ethyl adjacent to an activating group) is 1. The summed E-state index contributed by atoms with van der Waals surface area (Å²) >= 11 is 0. The molecule has 1 aromatic rings. The second kappa shape index (κ2) is 4.89. The predicted molar refractivity (Wildman–Crippen MR) is 90.8 cm³/mol. The molecule has 0 aromatic heterocycles. The SMILES string of the molecule is COc1ccc2c(c1)[C@]13CCN(C)[C@H](C2)[C@]1(O)C[C@@H]1NC(=O)O[C@@H]1C3. The van der Waals surface area contributed by atoms with Crippen molar-refractivity contribution in [3.63, 3.8) is 0 Å². The number of hydrogen-bond acceptors (Lipinski definition) is 5. The van der Waals surface area contributed by atoms with E-state index in [2.05, 4.69) is 29.4 Å². The number of likely N-dealkylation sites (tertiary alicyclic amines) is 1. The first-order chi connectivity index (χ1) is 12.0. The van der Waals surface area contributed by atoms with E-state index in [1.54, 1.807) is 7.11 Å². The van der Waals surface area contributed by atoms with E-state index in [-0.39, 0.29) is 29.7 Å². The fraction of sp³-hybridized carbons (Fsp3) is 0.632. The Balaban J connectivity index is 1.70. The Hall–Kier alpha value is -1.79. The molecule has 2 N–H and O–H groups in total. The van der Waals surface area contributed by atoms with Gasteiger partial charge in [-0.15, -0.1) is 0 Å². The summed E-state index contributed by atoms with van der Waals surface area (Å²) in [4.78, 5) is 14.1. The zero-order chi connectivity index (χ0) is 17.4. The lowest BCUT2D eigenvalue weighted by molar-refractivity contribution is -0.177. The highest BCUT2D eigenvalue weighted by Gasteiger charge is 2.67. The van der Waals surface area contributed by atoms with Gasteiger partial charge in [0.15, 0.2) is 0 Å². The molecule has 5 rings (SSSR count). The van der Waals surface area contributed by atoms with Crippen LogP contribution in [0.4, 0.5) is 4.79 Å². The third-order valence-electron chi connectivity index (χ3n) is 7.14. The second-order valence-corrected chi connectivity index (χ2v) is 8.08. The van der Waals surface area contributed by atoms with Gasteiger partial charge >= 0.3 is 6.09 Å². The van der Waals surface area contributed by atoms with Gasteiger partial charge in [-0.3, -0.25) is 0 Å². The Morgan fingerprint density at radius 2 is 2.24 bits per heavy atom. The molecule has 0 unspecified atom stereocenters. The molecule has 4 aliphatic rings. The molecule has 6 heteroatoms. The van der Waals surface area contributed by atoms with E-state index >= 15 is 0 Å². The number of fused-ring (bicyclic) bond motifs is 2. The molecule has 1 aromatic carbocycles. The summed E-state index contributed by atoms with van der Waals surface area (Å²) in [5, 5.41) is 14.9. The minimum Gasteiger partial charge on any atom is -0.497 e. The summed E-state index contributed by atoms with van der Waals surface area (Å²) in [5.74, 6) is 0.816. The van der Waals surface area contributed by atoms with E-state index in [1.165, 1.54) is 11.1 Å². The molecule has 1 amide bonds. The number of nitrogens with zero attached hydrogens (tertiary/aromatic N) is 1. The first-order valence-corrected chi connectivity index (χ1v) is 9.04. The Morgan fingerprint density at radius 3 is 3.04 bits per heavy atom. The maximum Gasteiger partial charge on any atom is 0.407 e. The normalized spacial score (nSPS) is 41.9. The standard InChI is InChI=1S/C19H24N2O4/c1-21-6-5-18-10-15-14(20-17(22)25-15)9-19(18,23)16(21)7-11-3-4-12(24-2)8-13(11)18/h3-4,8,14-16,23H,5-7,9-10H2,1-2H3,(H,20,22)/t14-,15+,16+,18+,19+/m0/s1. The van der Waals surface area contributed by atoms with Crippen molar-refractivity contribution in [3.8, 4) is 5.75 Å². The van der Waals surface area contributed by atoms with Gasteiger partial charge in [0.05, 0.1) is 18.8 Å². The molecule has 2 heterocycles. The Morgan fingerprint density at radius 1 is 1.40 bits per heavy atom. The lowest BCUT2D eigenvalue weighted by Gasteiger charge is -2.64. The number of carbonyl (C=O) groups excluding carboxylic acids is 1. The fourth-order valence-electron chi connectivity index (χ4n) is 5.89. The third kappa shape index (κ3) is 1.84. The molecular weight excluding hydrogens is 320 g/mol. The van der Waals surface area contributed by atoms with Crippen LogP contribution >= 0.6 is 0 Å². The van der Waals surface area contributed by atoms with Crippen LogP contribution in [0.2, 0.25) is 0 Å². The van der Waals surface area contributed by atoms with Gasteiger partial charge in [-0.1, -0.05) is 6.07 Å². The molecule has 2 aliphatic carbocycles. The number of ether oxygens (including phenoxy) is 2. The highest BCUT2D eigenvalue weighted by molar-refractivity contribution is 5.70. The zero-order valence-electron chi connectivity index (χ0n) is 14.6. The summed E-state index contributed by atoms with van der Waals surface area (Å²) in [6.45, 7) is 0.933. The molecule has 134 valence electrons. The van der Waals surface area contributed by atoms with Crippen LogP contribution in [0.25, 0.3) is 0 Å². The molecule has 1 saturated carbocycles. The highest BCUT2D eigenvalue weighted by atomic mass is 16.6. The van der Waals surface area contributed by atoms with E-state index in [0.29, 0.717) is 12.8 Å². The molecule has 0 spiro atoms. The number of rotatable bonds is 1. The average Bonchev–Trinajstić information content (AvgIpc) is 2.93. The van der Waals surface area contributed by atoms with Gasteiger partial charge in [0, 0.05) is 17.9 Å². The first-order valence-electron chi connectivity index (χ1n) is 9.04. The number of alkyl carbamates (subject to hydrolysis) is 1.